The molecule has 0 aliphatic carbocycles. The third-order valence-electron chi connectivity index (χ3n) is 4.10. The maximum atomic E-state index is 12.7. The lowest BCUT2D eigenvalue weighted by Crippen LogP contribution is -2.24. The Kier molecular flexibility index (Phi) is 5.10. The number of carbonyl (C=O) groups excluding carboxylic acids is 1. The van der Waals surface area contributed by atoms with E-state index in [1.54, 1.807) is 31.6 Å². The first-order valence-corrected chi connectivity index (χ1v) is 8.42. The Balaban J connectivity index is 1.77. The summed E-state index contributed by atoms with van der Waals surface area (Å²) in [6.45, 7) is 3.58. The highest BCUT2D eigenvalue weighted by molar-refractivity contribution is 6.06. The van der Waals surface area contributed by atoms with Crippen molar-refractivity contribution in [1.29, 1.82) is 0 Å². The molecule has 0 atom stereocenters. The molecule has 0 saturated heterocycles. The Morgan fingerprint density at radius 3 is 2.71 bits per heavy atom. The number of pyridine rings is 1. The monoisotopic (exact) mass is 386 g/mol. The largest absolute Gasteiger partial charge is 0.416 e. The van der Waals surface area contributed by atoms with Crippen LogP contribution in [0.1, 0.15) is 32.9 Å². The van der Waals surface area contributed by atoms with E-state index in [-0.39, 0.29) is 18.0 Å². The quantitative estimate of drug-likeness (QED) is 0.687. The molecule has 0 unspecified atom stereocenters. The first kappa shape index (κ1) is 19.4. The number of carbonyl (C=O) groups is 1. The molecule has 1 amide bonds. The van der Waals surface area contributed by atoms with Crippen LogP contribution in [0.4, 0.5) is 13.2 Å². The van der Waals surface area contributed by atoms with Crippen LogP contribution in [0.5, 0.6) is 0 Å². The summed E-state index contributed by atoms with van der Waals surface area (Å²) >= 11 is 0. The fraction of sp³-hybridized carbons (Fsp3) is 0.250. The van der Waals surface area contributed by atoms with Gasteiger partial charge >= 0.3 is 6.18 Å². The normalized spacial score (nSPS) is 11.2. The molecule has 1 N–H and O–H groups in total. The Hall–Kier alpha value is -3.34. The number of halogens is 3. The van der Waals surface area contributed by atoms with Crippen LogP contribution in [0.3, 0.4) is 0 Å². The first-order chi connectivity index (χ1) is 13.2. The molecule has 144 valence electrons. The van der Waals surface area contributed by atoms with Gasteiger partial charge < -0.3 is 5.32 Å². The van der Waals surface area contributed by atoms with E-state index in [9.17, 15) is 18.0 Å². The molecule has 0 saturated carbocycles. The van der Waals surface area contributed by atoms with Crippen molar-refractivity contribution >= 4 is 16.9 Å². The van der Waals surface area contributed by atoms with Crippen LogP contribution >= 0.6 is 0 Å². The highest BCUT2D eigenvalue weighted by Gasteiger charge is 2.30. The van der Waals surface area contributed by atoms with Crippen LogP contribution in [0.2, 0.25) is 0 Å². The number of hydrogen-bond donors (Lipinski definition) is 1. The van der Waals surface area contributed by atoms with Gasteiger partial charge in [-0.3, -0.25) is 9.48 Å². The number of nitrogens with one attached hydrogen (secondary N) is 1. The Labute approximate surface area is 159 Å². The molecule has 2 heterocycles. The summed E-state index contributed by atoms with van der Waals surface area (Å²) in [7, 11) is 1.75. The third-order valence-corrected chi connectivity index (χ3v) is 4.10. The van der Waals surface area contributed by atoms with Gasteiger partial charge in [-0.15, -0.1) is 0 Å². The number of alkyl halides is 3. The van der Waals surface area contributed by atoms with Gasteiger partial charge in [-0.05, 0) is 38.1 Å². The Morgan fingerprint density at radius 2 is 2.00 bits per heavy atom. The predicted octanol–water partition coefficient (Wildman–Crippen LogP) is 3.39. The van der Waals surface area contributed by atoms with Gasteiger partial charge in [0.15, 0.2) is 5.65 Å². The van der Waals surface area contributed by atoms with Gasteiger partial charge in [-0.2, -0.15) is 18.3 Å². The summed E-state index contributed by atoms with van der Waals surface area (Å²) in [4.78, 5) is 17.0. The van der Waals surface area contributed by atoms with E-state index in [4.69, 9.17) is 0 Å². The molecule has 1 aromatic carbocycles. The fourth-order valence-corrected chi connectivity index (χ4v) is 2.89. The smallest absolute Gasteiger partial charge is 0.341 e. The van der Waals surface area contributed by atoms with Gasteiger partial charge in [0.25, 0.3) is 5.91 Å². The van der Waals surface area contributed by atoms with E-state index < -0.39 is 11.7 Å². The van der Waals surface area contributed by atoms with E-state index >= 15 is 0 Å². The summed E-state index contributed by atoms with van der Waals surface area (Å²) < 4.78 is 39.8. The number of fused-ring (bicyclic) bond motifs is 1. The fourth-order valence-electron chi connectivity index (χ4n) is 2.89. The Bertz CT molecular complexity index is 1120. The Morgan fingerprint density at radius 1 is 1.25 bits per heavy atom. The molecule has 28 heavy (non-hydrogen) atoms. The lowest BCUT2D eigenvalue weighted by Gasteiger charge is -2.06. The number of aromatic nitrogens is 3. The van der Waals surface area contributed by atoms with E-state index in [0.29, 0.717) is 28.0 Å². The number of rotatable bonds is 2. The van der Waals surface area contributed by atoms with Crippen molar-refractivity contribution in [3.8, 4) is 11.8 Å². The molecular formula is C20H17F3N4O. The van der Waals surface area contributed by atoms with Crippen molar-refractivity contribution in [3.63, 3.8) is 0 Å². The molecule has 5 nitrogen and oxygen atoms in total. The number of aryl methyl sites for hydroxylation is 3. The number of amides is 1. The first-order valence-electron chi connectivity index (χ1n) is 8.42. The van der Waals surface area contributed by atoms with Crippen LogP contribution in [0.25, 0.3) is 11.0 Å². The minimum absolute atomic E-state index is 0.00273. The van der Waals surface area contributed by atoms with Crippen LogP contribution in [0, 0.1) is 25.7 Å². The maximum absolute atomic E-state index is 12.7. The van der Waals surface area contributed by atoms with Crippen LogP contribution in [-0.2, 0) is 13.2 Å². The van der Waals surface area contributed by atoms with Gasteiger partial charge in [0.2, 0.25) is 0 Å². The molecule has 3 rings (SSSR count). The number of nitrogens with zero attached hydrogens (tertiary/aromatic N) is 3. The van der Waals surface area contributed by atoms with Crippen molar-refractivity contribution in [1.82, 2.24) is 20.1 Å². The van der Waals surface area contributed by atoms with Gasteiger partial charge in [-0.1, -0.05) is 17.9 Å². The van der Waals surface area contributed by atoms with E-state index in [0.717, 1.165) is 12.1 Å². The molecule has 0 fully saturated rings. The minimum Gasteiger partial charge on any atom is -0.341 e. The second-order valence-corrected chi connectivity index (χ2v) is 6.28. The van der Waals surface area contributed by atoms with Crippen molar-refractivity contribution in [2.24, 2.45) is 7.05 Å². The molecule has 3 aromatic rings. The molecule has 8 heteroatoms. The van der Waals surface area contributed by atoms with Crippen molar-refractivity contribution in [2.45, 2.75) is 20.0 Å². The average Bonchev–Trinajstić information content (AvgIpc) is 2.91. The lowest BCUT2D eigenvalue weighted by molar-refractivity contribution is -0.137. The van der Waals surface area contributed by atoms with Crippen molar-refractivity contribution in [2.75, 3.05) is 6.54 Å². The summed E-state index contributed by atoms with van der Waals surface area (Å²) in [5.74, 6) is 4.97. The minimum atomic E-state index is -4.42. The zero-order valence-corrected chi connectivity index (χ0v) is 15.5. The number of hydrogen-bond acceptors (Lipinski definition) is 3. The zero-order chi connectivity index (χ0) is 20.5. The second kappa shape index (κ2) is 7.35. The zero-order valence-electron chi connectivity index (χ0n) is 15.5. The molecule has 0 spiro atoms. The molecule has 2 aromatic heterocycles. The van der Waals surface area contributed by atoms with Gasteiger partial charge in [0.05, 0.1) is 28.8 Å². The van der Waals surface area contributed by atoms with Crippen LogP contribution < -0.4 is 5.32 Å². The number of benzene rings is 1. The lowest BCUT2D eigenvalue weighted by atomic mass is 10.1. The average molecular weight is 386 g/mol. The molecule has 0 bridgehead atoms. The van der Waals surface area contributed by atoms with Gasteiger partial charge in [0, 0.05) is 18.3 Å². The summed E-state index contributed by atoms with van der Waals surface area (Å²) in [6, 6.07) is 6.42. The van der Waals surface area contributed by atoms with E-state index in [1.165, 1.54) is 12.1 Å². The van der Waals surface area contributed by atoms with Gasteiger partial charge in [0.1, 0.15) is 0 Å². The maximum Gasteiger partial charge on any atom is 0.416 e. The second-order valence-electron chi connectivity index (χ2n) is 6.28. The standard InChI is InChI=1S/C20H17F3N4O/c1-12-10-16(17-13(2)26-27(3)18(17)25-12)19(28)24-9-5-7-14-6-4-8-15(11-14)20(21,22)23/h4,6,8,10-11H,9H2,1-3H3,(H,24,28). The molecule has 0 aliphatic heterocycles. The summed E-state index contributed by atoms with van der Waals surface area (Å²) in [5.41, 5.74) is 1.88. The van der Waals surface area contributed by atoms with E-state index in [2.05, 4.69) is 27.2 Å². The van der Waals surface area contributed by atoms with Crippen LogP contribution in [0.15, 0.2) is 30.3 Å². The SMILES string of the molecule is Cc1cc(C(=O)NCC#Cc2cccc(C(F)(F)F)c2)c2c(C)nn(C)c2n1. The summed E-state index contributed by atoms with van der Waals surface area (Å²) in [6.07, 6.45) is -4.42. The highest BCUT2D eigenvalue weighted by atomic mass is 19.4. The molecular weight excluding hydrogens is 369 g/mol. The molecule has 0 radical (unpaired) electrons. The van der Waals surface area contributed by atoms with Crippen LogP contribution in [-0.4, -0.2) is 27.2 Å². The van der Waals surface area contributed by atoms with Crippen molar-refractivity contribution < 1.29 is 18.0 Å². The topological polar surface area (TPSA) is 59.8 Å². The molecule has 0 aliphatic rings. The van der Waals surface area contributed by atoms with Crippen molar-refractivity contribution in [3.05, 3.63) is 58.4 Å². The predicted molar refractivity (Wildman–Crippen MR) is 98.6 cm³/mol. The van der Waals surface area contributed by atoms with Gasteiger partial charge in [-0.25, -0.2) is 4.98 Å². The summed E-state index contributed by atoms with van der Waals surface area (Å²) in [5, 5.41) is 7.63. The highest BCUT2D eigenvalue weighted by Crippen LogP contribution is 2.29. The third kappa shape index (κ3) is 3.98. The van der Waals surface area contributed by atoms with E-state index in [1.807, 2.05) is 0 Å².